The summed E-state index contributed by atoms with van der Waals surface area (Å²) in [6, 6.07) is 13.5. The van der Waals surface area contributed by atoms with E-state index in [9.17, 15) is 9.59 Å². The molecule has 1 amide bonds. The van der Waals surface area contributed by atoms with Crippen LogP contribution in [0.3, 0.4) is 0 Å². The number of carbonyl (C=O) groups is 2. The molecule has 0 radical (unpaired) electrons. The zero-order chi connectivity index (χ0) is 16.2. The van der Waals surface area contributed by atoms with Gasteiger partial charge in [0.1, 0.15) is 13.2 Å². The summed E-state index contributed by atoms with van der Waals surface area (Å²) in [6.07, 6.45) is 0. The topological polar surface area (TPSA) is 64.6 Å². The molecular formula is C17H14ClNO4. The van der Waals surface area contributed by atoms with Crippen molar-refractivity contribution in [2.24, 2.45) is 0 Å². The van der Waals surface area contributed by atoms with Gasteiger partial charge in [-0.2, -0.15) is 0 Å². The highest BCUT2D eigenvalue weighted by molar-refractivity contribution is 6.45. The van der Waals surface area contributed by atoms with E-state index in [0.29, 0.717) is 36.0 Å². The molecule has 0 aromatic heterocycles. The molecule has 2 aromatic carbocycles. The second-order valence-corrected chi connectivity index (χ2v) is 5.38. The van der Waals surface area contributed by atoms with Crippen LogP contribution in [0.1, 0.15) is 10.4 Å². The van der Waals surface area contributed by atoms with Crippen molar-refractivity contribution in [2.45, 2.75) is 5.38 Å². The van der Waals surface area contributed by atoms with E-state index in [0.717, 1.165) is 0 Å². The summed E-state index contributed by atoms with van der Waals surface area (Å²) in [4.78, 5) is 24.3. The van der Waals surface area contributed by atoms with Crippen LogP contribution in [-0.2, 0) is 4.79 Å². The lowest BCUT2D eigenvalue weighted by atomic mass is 10.1. The van der Waals surface area contributed by atoms with Crippen LogP contribution in [0.5, 0.6) is 11.5 Å². The van der Waals surface area contributed by atoms with Crippen LogP contribution < -0.4 is 14.8 Å². The number of amides is 1. The average Bonchev–Trinajstić information content (AvgIpc) is 2.61. The van der Waals surface area contributed by atoms with E-state index in [-0.39, 0.29) is 0 Å². The molecule has 6 heteroatoms. The van der Waals surface area contributed by atoms with E-state index < -0.39 is 17.1 Å². The molecule has 3 rings (SSSR count). The van der Waals surface area contributed by atoms with Gasteiger partial charge in [-0.05, 0) is 12.1 Å². The van der Waals surface area contributed by atoms with Crippen LogP contribution in [0, 0.1) is 0 Å². The third kappa shape index (κ3) is 3.46. The smallest absolute Gasteiger partial charge is 0.250 e. The molecule has 118 valence electrons. The Hall–Kier alpha value is -2.53. The SMILES string of the molecule is O=C(Nc1ccc2c(c1)OCCO2)[C@H](Cl)C(=O)c1ccccc1. The van der Waals surface area contributed by atoms with Crippen molar-refractivity contribution in [2.75, 3.05) is 18.5 Å². The minimum absolute atomic E-state index is 0.393. The van der Waals surface area contributed by atoms with Crippen LogP contribution in [0.25, 0.3) is 0 Å². The van der Waals surface area contributed by atoms with Crippen molar-refractivity contribution in [1.29, 1.82) is 0 Å². The largest absolute Gasteiger partial charge is 0.486 e. The van der Waals surface area contributed by atoms with Crippen molar-refractivity contribution in [3.8, 4) is 11.5 Å². The van der Waals surface area contributed by atoms with Crippen LogP contribution >= 0.6 is 11.6 Å². The predicted molar refractivity (Wildman–Crippen MR) is 86.5 cm³/mol. The quantitative estimate of drug-likeness (QED) is 0.531. The summed E-state index contributed by atoms with van der Waals surface area (Å²) in [7, 11) is 0. The second kappa shape index (κ2) is 6.71. The first kappa shape index (κ1) is 15.4. The van der Waals surface area contributed by atoms with Gasteiger partial charge in [-0.1, -0.05) is 30.3 Å². The van der Waals surface area contributed by atoms with Crippen molar-refractivity contribution >= 4 is 29.0 Å². The Morgan fingerprint density at radius 2 is 1.70 bits per heavy atom. The van der Waals surface area contributed by atoms with E-state index in [4.69, 9.17) is 21.1 Å². The number of benzene rings is 2. The van der Waals surface area contributed by atoms with Crippen molar-refractivity contribution in [3.63, 3.8) is 0 Å². The first-order valence-electron chi connectivity index (χ1n) is 7.09. The number of ether oxygens (including phenoxy) is 2. The fourth-order valence-electron chi connectivity index (χ4n) is 2.19. The summed E-state index contributed by atoms with van der Waals surface area (Å²) in [5.74, 6) is 0.145. The molecule has 0 aliphatic carbocycles. The highest BCUT2D eigenvalue weighted by Gasteiger charge is 2.25. The number of carbonyl (C=O) groups excluding carboxylic acids is 2. The number of ketones is 1. The second-order valence-electron chi connectivity index (χ2n) is 4.94. The molecule has 1 aliphatic rings. The molecule has 0 saturated heterocycles. The summed E-state index contributed by atoms with van der Waals surface area (Å²) in [5.41, 5.74) is 0.885. The Labute approximate surface area is 138 Å². The van der Waals surface area contributed by atoms with Gasteiger partial charge in [0.25, 0.3) is 0 Å². The number of alkyl halides is 1. The van der Waals surface area contributed by atoms with E-state index in [1.807, 2.05) is 0 Å². The molecule has 0 saturated carbocycles. The summed E-state index contributed by atoms with van der Waals surface area (Å²) in [5, 5.41) is 1.31. The minimum atomic E-state index is -1.30. The number of hydrogen-bond acceptors (Lipinski definition) is 4. The molecule has 0 bridgehead atoms. The van der Waals surface area contributed by atoms with Gasteiger partial charge in [0.15, 0.2) is 22.7 Å². The highest BCUT2D eigenvalue weighted by Crippen LogP contribution is 2.32. The number of hydrogen-bond donors (Lipinski definition) is 1. The first-order valence-corrected chi connectivity index (χ1v) is 7.52. The van der Waals surface area contributed by atoms with E-state index in [1.54, 1.807) is 48.5 Å². The van der Waals surface area contributed by atoms with E-state index >= 15 is 0 Å². The number of anilines is 1. The molecule has 0 unspecified atom stereocenters. The van der Waals surface area contributed by atoms with Crippen molar-refractivity contribution in [1.82, 2.24) is 0 Å². The molecule has 1 heterocycles. The lowest BCUT2D eigenvalue weighted by molar-refractivity contribution is -0.115. The number of rotatable bonds is 4. The van der Waals surface area contributed by atoms with Crippen LogP contribution in [0.4, 0.5) is 5.69 Å². The van der Waals surface area contributed by atoms with Gasteiger partial charge in [-0.3, -0.25) is 9.59 Å². The molecule has 0 fully saturated rings. The Balaban J connectivity index is 1.70. The van der Waals surface area contributed by atoms with Crippen molar-refractivity contribution in [3.05, 3.63) is 54.1 Å². The molecular weight excluding hydrogens is 318 g/mol. The molecule has 1 atom stereocenters. The lowest BCUT2D eigenvalue weighted by Crippen LogP contribution is -2.30. The molecule has 1 aliphatic heterocycles. The number of fused-ring (bicyclic) bond motifs is 1. The third-order valence-electron chi connectivity index (χ3n) is 3.33. The number of halogens is 1. The van der Waals surface area contributed by atoms with Crippen LogP contribution in [-0.4, -0.2) is 30.3 Å². The van der Waals surface area contributed by atoms with Gasteiger partial charge in [0, 0.05) is 17.3 Å². The van der Waals surface area contributed by atoms with E-state index in [2.05, 4.69) is 5.32 Å². The summed E-state index contributed by atoms with van der Waals surface area (Å²) in [6.45, 7) is 0.947. The fraction of sp³-hybridized carbons (Fsp3) is 0.176. The van der Waals surface area contributed by atoms with Gasteiger partial charge < -0.3 is 14.8 Å². The monoisotopic (exact) mass is 331 g/mol. The Morgan fingerprint density at radius 1 is 1.00 bits per heavy atom. The fourth-order valence-corrected chi connectivity index (χ4v) is 2.38. The molecule has 1 N–H and O–H groups in total. The lowest BCUT2D eigenvalue weighted by Gasteiger charge is -2.19. The van der Waals surface area contributed by atoms with Crippen LogP contribution in [0.2, 0.25) is 0 Å². The molecule has 2 aromatic rings. The van der Waals surface area contributed by atoms with Gasteiger partial charge in [0.05, 0.1) is 0 Å². The maximum Gasteiger partial charge on any atom is 0.250 e. The maximum atomic E-state index is 12.2. The maximum absolute atomic E-state index is 12.2. The predicted octanol–water partition coefficient (Wildman–Crippen LogP) is 2.89. The van der Waals surface area contributed by atoms with Crippen molar-refractivity contribution < 1.29 is 19.1 Å². The standard InChI is InChI=1S/C17H14ClNO4/c18-15(16(20)11-4-2-1-3-5-11)17(21)19-12-6-7-13-14(10-12)23-9-8-22-13/h1-7,10,15H,8-9H2,(H,19,21)/t15-/m1/s1. The summed E-state index contributed by atoms with van der Waals surface area (Å²) < 4.78 is 10.9. The number of nitrogens with one attached hydrogen (secondary N) is 1. The van der Waals surface area contributed by atoms with Gasteiger partial charge >= 0.3 is 0 Å². The Kier molecular flexibility index (Phi) is 4.48. The van der Waals surface area contributed by atoms with Gasteiger partial charge in [0.2, 0.25) is 5.91 Å². The van der Waals surface area contributed by atoms with E-state index in [1.165, 1.54) is 0 Å². The Bertz CT molecular complexity index is 733. The zero-order valence-electron chi connectivity index (χ0n) is 12.1. The zero-order valence-corrected chi connectivity index (χ0v) is 12.9. The molecule has 23 heavy (non-hydrogen) atoms. The highest BCUT2D eigenvalue weighted by atomic mass is 35.5. The van der Waals surface area contributed by atoms with Crippen LogP contribution in [0.15, 0.2) is 48.5 Å². The summed E-state index contributed by atoms with van der Waals surface area (Å²) >= 11 is 5.99. The molecule has 5 nitrogen and oxygen atoms in total. The first-order chi connectivity index (χ1) is 11.1. The average molecular weight is 332 g/mol. The Morgan fingerprint density at radius 3 is 2.43 bits per heavy atom. The molecule has 0 spiro atoms. The van der Waals surface area contributed by atoms with Gasteiger partial charge in [-0.25, -0.2) is 0 Å². The van der Waals surface area contributed by atoms with Gasteiger partial charge in [-0.15, -0.1) is 11.6 Å². The normalized spacial score (nSPS) is 14.0. The number of Topliss-reactive ketones (excluding diaryl/α,β-unsaturated/α-hetero) is 1. The minimum Gasteiger partial charge on any atom is -0.486 e. The third-order valence-corrected chi connectivity index (χ3v) is 3.72.